The van der Waals surface area contributed by atoms with Crippen LogP contribution in [0, 0.1) is 0 Å². The number of benzene rings is 1. The Morgan fingerprint density at radius 3 is 2.19 bits per heavy atom. The van der Waals surface area contributed by atoms with Crippen LogP contribution in [0.1, 0.15) is 11.1 Å². The van der Waals surface area contributed by atoms with Gasteiger partial charge in [-0.25, -0.2) is 0 Å². The predicted octanol–water partition coefficient (Wildman–Crippen LogP) is 2.89. The first kappa shape index (κ1) is 12.2. The normalized spacial score (nSPS) is 9.19. The molecule has 0 bridgehead atoms. The highest BCUT2D eigenvalue weighted by Gasteiger charge is 2.13. The molecule has 3 heteroatoms. The molecule has 0 saturated carbocycles. The van der Waals surface area contributed by atoms with Crippen molar-refractivity contribution in [3.63, 3.8) is 0 Å². The Morgan fingerprint density at radius 1 is 1.06 bits per heavy atom. The van der Waals surface area contributed by atoms with Gasteiger partial charge in [0.05, 0.1) is 21.3 Å². The van der Waals surface area contributed by atoms with Crippen LogP contribution in [0.15, 0.2) is 36.8 Å². The van der Waals surface area contributed by atoms with Crippen LogP contribution in [-0.2, 0) is 14.2 Å². The fraction of sp³-hybridized carbons (Fsp3) is 0.231. The van der Waals surface area contributed by atoms with E-state index >= 15 is 0 Å². The molecule has 16 heavy (non-hydrogen) atoms. The molecule has 0 amide bonds. The van der Waals surface area contributed by atoms with Gasteiger partial charge in [-0.05, 0) is 5.56 Å². The van der Waals surface area contributed by atoms with Crippen LogP contribution in [0.5, 0.6) is 0 Å². The summed E-state index contributed by atoms with van der Waals surface area (Å²) in [5, 5.41) is 0. The van der Waals surface area contributed by atoms with Gasteiger partial charge < -0.3 is 14.2 Å². The van der Waals surface area contributed by atoms with Gasteiger partial charge in [0.25, 0.3) is 0 Å². The van der Waals surface area contributed by atoms with Crippen molar-refractivity contribution in [3.05, 3.63) is 47.9 Å². The molecule has 0 fully saturated rings. The van der Waals surface area contributed by atoms with E-state index in [4.69, 9.17) is 14.2 Å². The lowest BCUT2D eigenvalue weighted by Crippen LogP contribution is -2.00. The van der Waals surface area contributed by atoms with E-state index in [9.17, 15) is 0 Å². The molecule has 0 spiro atoms. The summed E-state index contributed by atoms with van der Waals surface area (Å²) >= 11 is 0. The second-order valence-electron chi connectivity index (χ2n) is 3.02. The smallest absolute Gasteiger partial charge is 0.323 e. The van der Waals surface area contributed by atoms with E-state index in [1.54, 1.807) is 13.2 Å². The molecule has 1 rings (SSSR count). The molecule has 0 unspecified atom stereocenters. The Hall–Kier alpha value is -1.90. The number of hydrogen-bond donors (Lipinski definition) is 0. The topological polar surface area (TPSA) is 27.7 Å². The van der Waals surface area contributed by atoms with E-state index in [2.05, 4.69) is 6.58 Å². The van der Waals surface area contributed by atoms with E-state index in [0.29, 0.717) is 11.7 Å². The average Bonchev–Trinajstić information content (AvgIpc) is 2.35. The van der Waals surface area contributed by atoms with Crippen LogP contribution in [0.4, 0.5) is 0 Å². The molecule has 0 aliphatic rings. The van der Waals surface area contributed by atoms with Gasteiger partial charge in [-0.15, -0.1) is 0 Å². The van der Waals surface area contributed by atoms with Crippen molar-refractivity contribution in [2.75, 3.05) is 21.3 Å². The third-order valence-electron chi connectivity index (χ3n) is 2.19. The summed E-state index contributed by atoms with van der Waals surface area (Å²) < 4.78 is 15.5. The Kier molecular flexibility index (Phi) is 4.45. The van der Waals surface area contributed by atoms with Crippen LogP contribution >= 0.6 is 0 Å². The highest BCUT2D eigenvalue weighted by atomic mass is 16.7. The SMILES string of the molecule is C=Cc1ccccc1C(OC)=C(OC)OC. The number of methoxy groups -OCH3 is 3. The lowest BCUT2D eigenvalue weighted by Gasteiger charge is -2.13. The molecule has 0 aliphatic carbocycles. The molecular formula is C13H16O3. The first-order valence-corrected chi connectivity index (χ1v) is 4.86. The maximum absolute atomic E-state index is 5.30. The third-order valence-corrected chi connectivity index (χ3v) is 2.19. The van der Waals surface area contributed by atoms with E-state index in [-0.39, 0.29) is 0 Å². The van der Waals surface area contributed by atoms with Crippen LogP contribution < -0.4 is 0 Å². The minimum Gasteiger partial charge on any atom is -0.490 e. The summed E-state index contributed by atoms with van der Waals surface area (Å²) in [5.41, 5.74) is 1.85. The van der Waals surface area contributed by atoms with Gasteiger partial charge in [-0.2, -0.15) is 0 Å². The zero-order valence-electron chi connectivity index (χ0n) is 9.82. The van der Waals surface area contributed by atoms with Gasteiger partial charge in [0.15, 0.2) is 0 Å². The number of rotatable bonds is 5. The van der Waals surface area contributed by atoms with Crippen LogP contribution in [0.3, 0.4) is 0 Å². The molecule has 86 valence electrons. The molecule has 1 aromatic rings. The summed E-state index contributed by atoms with van der Waals surface area (Å²) in [7, 11) is 4.65. The largest absolute Gasteiger partial charge is 0.490 e. The zero-order chi connectivity index (χ0) is 12.0. The summed E-state index contributed by atoms with van der Waals surface area (Å²) in [4.78, 5) is 0. The summed E-state index contributed by atoms with van der Waals surface area (Å²) in [5.74, 6) is 0.900. The van der Waals surface area contributed by atoms with E-state index in [1.165, 1.54) is 14.2 Å². The molecule has 0 atom stereocenters. The highest BCUT2D eigenvalue weighted by molar-refractivity contribution is 5.70. The van der Waals surface area contributed by atoms with Gasteiger partial charge >= 0.3 is 5.95 Å². The average molecular weight is 220 g/mol. The summed E-state index contributed by atoms with van der Waals surface area (Å²) in [6.45, 7) is 3.76. The lowest BCUT2D eigenvalue weighted by molar-refractivity contribution is 0.0871. The second kappa shape index (κ2) is 5.85. The monoisotopic (exact) mass is 220 g/mol. The maximum Gasteiger partial charge on any atom is 0.323 e. The molecular weight excluding hydrogens is 204 g/mol. The summed E-state index contributed by atoms with van der Waals surface area (Å²) in [6, 6.07) is 7.73. The summed E-state index contributed by atoms with van der Waals surface area (Å²) in [6.07, 6.45) is 1.76. The molecule has 0 radical (unpaired) electrons. The van der Waals surface area contributed by atoms with Gasteiger partial charge in [0.1, 0.15) is 0 Å². The van der Waals surface area contributed by atoms with E-state index in [1.807, 2.05) is 24.3 Å². The number of ether oxygens (including phenoxy) is 3. The van der Waals surface area contributed by atoms with Gasteiger partial charge in [0, 0.05) is 5.56 Å². The van der Waals surface area contributed by atoms with E-state index in [0.717, 1.165) is 11.1 Å². The van der Waals surface area contributed by atoms with Gasteiger partial charge in [0.2, 0.25) is 5.76 Å². The molecule has 0 saturated heterocycles. The Morgan fingerprint density at radius 2 is 1.69 bits per heavy atom. The van der Waals surface area contributed by atoms with Crippen molar-refractivity contribution in [3.8, 4) is 0 Å². The van der Waals surface area contributed by atoms with Crippen molar-refractivity contribution in [2.24, 2.45) is 0 Å². The van der Waals surface area contributed by atoms with Crippen molar-refractivity contribution in [1.29, 1.82) is 0 Å². The van der Waals surface area contributed by atoms with Crippen LogP contribution in [0.25, 0.3) is 11.8 Å². The Labute approximate surface area is 95.9 Å². The molecule has 1 aromatic carbocycles. The first-order chi connectivity index (χ1) is 7.78. The van der Waals surface area contributed by atoms with Crippen molar-refractivity contribution >= 4 is 11.8 Å². The minimum absolute atomic E-state index is 0.344. The Bertz CT molecular complexity index is 388. The zero-order valence-corrected chi connectivity index (χ0v) is 9.82. The fourth-order valence-corrected chi connectivity index (χ4v) is 1.45. The third kappa shape index (κ3) is 2.37. The van der Waals surface area contributed by atoms with Crippen molar-refractivity contribution < 1.29 is 14.2 Å². The minimum atomic E-state index is 0.344. The quantitative estimate of drug-likeness (QED) is 0.714. The molecule has 3 nitrogen and oxygen atoms in total. The second-order valence-corrected chi connectivity index (χ2v) is 3.02. The molecule has 0 aromatic heterocycles. The van der Waals surface area contributed by atoms with Crippen LogP contribution in [0.2, 0.25) is 0 Å². The van der Waals surface area contributed by atoms with Crippen LogP contribution in [-0.4, -0.2) is 21.3 Å². The van der Waals surface area contributed by atoms with Crippen molar-refractivity contribution in [1.82, 2.24) is 0 Å². The van der Waals surface area contributed by atoms with E-state index < -0.39 is 0 Å². The molecule has 0 aliphatic heterocycles. The van der Waals surface area contributed by atoms with Gasteiger partial charge in [-0.1, -0.05) is 36.9 Å². The first-order valence-electron chi connectivity index (χ1n) is 4.86. The van der Waals surface area contributed by atoms with Crippen molar-refractivity contribution in [2.45, 2.75) is 0 Å². The highest BCUT2D eigenvalue weighted by Crippen LogP contribution is 2.24. The molecule has 0 N–H and O–H groups in total. The Balaban J connectivity index is 3.33. The lowest BCUT2D eigenvalue weighted by atomic mass is 10.1. The molecule has 0 heterocycles. The number of hydrogen-bond acceptors (Lipinski definition) is 3. The van der Waals surface area contributed by atoms with Gasteiger partial charge in [-0.3, -0.25) is 0 Å². The fourth-order valence-electron chi connectivity index (χ4n) is 1.45. The predicted molar refractivity (Wildman–Crippen MR) is 64.5 cm³/mol. The standard InChI is InChI=1S/C13H16O3/c1-5-10-8-6-7-9-11(10)12(14-2)13(15-3)16-4/h5-9H,1H2,2-4H3. The maximum atomic E-state index is 5.30.